The van der Waals surface area contributed by atoms with Crippen LogP contribution in [0.2, 0.25) is 0 Å². The first-order valence-corrected chi connectivity index (χ1v) is 8.12. The number of aryl methyl sites for hydroxylation is 1. The molecule has 1 atom stereocenters. The first-order valence-electron chi connectivity index (χ1n) is 7.58. The SMILES string of the molecule is CCCCC(CC)(CCl)Cc1ncc(C)c(OC)c1C. The fraction of sp³-hybridized carbons (Fsp3) is 0.706. The molecule has 0 fully saturated rings. The highest BCUT2D eigenvalue weighted by Crippen LogP contribution is 2.36. The number of hydrogen-bond donors (Lipinski definition) is 0. The van der Waals surface area contributed by atoms with Crippen molar-refractivity contribution in [3.05, 3.63) is 23.0 Å². The van der Waals surface area contributed by atoms with E-state index in [1.54, 1.807) is 7.11 Å². The second-order valence-electron chi connectivity index (χ2n) is 5.81. The molecular formula is C17H28ClNO. The Labute approximate surface area is 128 Å². The summed E-state index contributed by atoms with van der Waals surface area (Å²) in [5, 5.41) is 0. The number of nitrogens with zero attached hydrogens (tertiary/aromatic N) is 1. The van der Waals surface area contributed by atoms with Crippen LogP contribution in [-0.2, 0) is 6.42 Å². The number of alkyl halides is 1. The van der Waals surface area contributed by atoms with E-state index in [9.17, 15) is 0 Å². The lowest BCUT2D eigenvalue weighted by Crippen LogP contribution is -2.26. The van der Waals surface area contributed by atoms with Crippen LogP contribution in [0.1, 0.15) is 56.4 Å². The van der Waals surface area contributed by atoms with E-state index in [0.717, 1.165) is 35.4 Å². The average Bonchev–Trinajstić information content (AvgIpc) is 2.47. The normalized spacial score (nSPS) is 14.1. The van der Waals surface area contributed by atoms with E-state index >= 15 is 0 Å². The summed E-state index contributed by atoms with van der Waals surface area (Å²) in [4.78, 5) is 4.64. The summed E-state index contributed by atoms with van der Waals surface area (Å²) < 4.78 is 5.51. The number of unbranched alkanes of at least 4 members (excludes halogenated alkanes) is 1. The minimum Gasteiger partial charge on any atom is -0.496 e. The van der Waals surface area contributed by atoms with Crippen molar-refractivity contribution >= 4 is 11.6 Å². The molecule has 0 spiro atoms. The van der Waals surface area contributed by atoms with Gasteiger partial charge in [-0.05, 0) is 38.5 Å². The van der Waals surface area contributed by atoms with Gasteiger partial charge in [0, 0.05) is 28.9 Å². The van der Waals surface area contributed by atoms with Crippen LogP contribution in [0.15, 0.2) is 6.20 Å². The molecular weight excluding hydrogens is 270 g/mol. The molecule has 20 heavy (non-hydrogen) atoms. The molecule has 1 unspecified atom stereocenters. The van der Waals surface area contributed by atoms with E-state index in [0.29, 0.717) is 5.88 Å². The third-order valence-corrected chi connectivity index (χ3v) is 4.95. The predicted octanol–water partition coefficient (Wildman–Crippen LogP) is 5.07. The van der Waals surface area contributed by atoms with Gasteiger partial charge in [-0.3, -0.25) is 4.98 Å². The maximum Gasteiger partial charge on any atom is 0.128 e. The van der Waals surface area contributed by atoms with E-state index in [1.807, 2.05) is 13.1 Å². The predicted molar refractivity (Wildman–Crippen MR) is 86.9 cm³/mol. The van der Waals surface area contributed by atoms with Crippen molar-refractivity contribution in [2.75, 3.05) is 13.0 Å². The summed E-state index contributed by atoms with van der Waals surface area (Å²) in [5.41, 5.74) is 3.54. The molecule has 1 aromatic rings. The Morgan fingerprint density at radius 3 is 2.50 bits per heavy atom. The Kier molecular flexibility index (Phi) is 6.81. The van der Waals surface area contributed by atoms with Crippen molar-refractivity contribution in [1.29, 1.82) is 0 Å². The highest BCUT2D eigenvalue weighted by atomic mass is 35.5. The summed E-state index contributed by atoms with van der Waals surface area (Å²) in [7, 11) is 1.73. The lowest BCUT2D eigenvalue weighted by molar-refractivity contribution is 0.275. The van der Waals surface area contributed by atoms with Gasteiger partial charge in [0.2, 0.25) is 0 Å². The topological polar surface area (TPSA) is 22.1 Å². The lowest BCUT2D eigenvalue weighted by Gasteiger charge is -2.31. The van der Waals surface area contributed by atoms with Crippen LogP contribution in [0.3, 0.4) is 0 Å². The zero-order valence-corrected chi connectivity index (χ0v) is 14.3. The molecule has 0 saturated heterocycles. The van der Waals surface area contributed by atoms with Gasteiger partial charge in [-0.15, -0.1) is 11.6 Å². The van der Waals surface area contributed by atoms with Gasteiger partial charge in [-0.25, -0.2) is 0 Å². The van der Waals surface area contributed by atoms with Crippen LogP contribution >= 0.6 is 11.6 Å². The van der Waals surface area contributed by atoms with Gasteiger partial charge in [-0.2, -0.15) is 0 Å². The summed E-state index contributed by atoms with van der Waals surface area (Å²) in [6.07, 6.45) is 7.55. The number of hydrogen-bond acceptors (Lipinski definition) is 2. The number of rotatable bonds is 8. The van der Waals surface area contributed by atoms with Gasteiger partial charge < -0.3 is 4.74 Å². The van der Waals surface area contributed by atoms with Crippen LogP contribution in [0, 0.1) is 19.3 Å². The van der Waals surface area contributed by atoms with Gasteiger partial charge in [-0.1, -0.05) is 26.7 Å². The first kappa shape index (κ1) is 17.3. The van der Waals surface area contributed by atoms with E-state index in [4.69, 9.17) is 16.3 Å². The zero-order chi connectivity index (χ0) is 15.2. The lowest BCUT2D eigenvalue weighted by atomic mass is 9.77. The van der Waals surface area contributed by atoms with E-state index < -0.39 is 0 Å². The Hall–Kier alpha value is -0.760. The van der Waals surface area contributed by atoms with E-state index in [2.05, 4.69) is 25.8 Å². The summed E-state index contributed by atoms with van der Waals surface area (Å²) in [6.45, 7) is 8.60. The van der Waals surface area contributed by atoms with Crippen LogP contribution in [0.5, 0.6) is 5.75 Å². The van der Waals surface area contributed by atoms with Gasteiger partial charge >= 0.3 is 0 Å². The van der Waals surface area contributed by atoms with Gasteiger partial charge in [0.05, 0.1) is 7.11 Å². The fourth-order valence-electron chi connectivity index (χ4n) is 2.76. The maximum absolute atomic E-state index is 6.31. The van der Waals surface area contributed by atoms with Gasteiger partial charge in [0.1, 0.15) is 5.75 Å². The molecule has 0 aromatic carbocycles. The quantitative estimate of drug-likeness (QED) is 0.625. The van der Waals surface area contributed by atoms with Crippen molar-refractivity contribution in [1.82, 2.24) is 4.98 Å². The fourth-order valence-corrected chi connectivity index (χ4v) is 3.17. The van der Waals surface area contributed by atoms with E-state index in [-0.39, 0.29) is 5.41 Å². The standard InChI is InChI=1S/C17H28ClNO/c1-6-8-9-17(7-2,12-18)10-15-14(4)16(20-5)13(3)11-19-15/h11H,6-10,12H2,1-5H3. The smallest absolute Gasteiger partial charge is 0.128 e. The maximum atomic E-state index is 6.31. The second-order valence-corrected chi connectivity index (χ2v) is 6.08. The highest BCUT2D eigenvalue weighted by molar-refractivity contribution is 6.18. The molecule has 1 heterocycles. The first-order chi connectivity index (χ1) is 9.53. The summed E-state index contributed by atoms with van der Waals surface area (Å²) >= 11 is 6.31. The minimum atomic E-state index is 0.162. The Morgan fingerprint density at radius 1 is 1.30 bits per heavy atom. The Balaban J connectivity index is 3.05. The number of methoxy groups -OCH3 is 1. The monoisotopic (exact) mass is 297 g/mol. The molecule has 0 aliphatic heterocycles. The molecule has 0 saturated carbocycles. The van der Waals surface area contributed by atoms with Crippen LogP contribution in [0.25, 0.3) is 0 Å². The zero-order valence-electron chi connectivity index (χ0n) is 13.6. The molecule has 0 amide bonds. The third kappa shape index (κ3) is 3.88. The van der Waals surface area contributed by atoms with Crippen molar-refractivity contribution in [2.45, 2.75) is 59.8 Å². The number of halogens is 1. The molecule has 1 aromatic heterocycles. The molecule has 2 nitrogen and oxygen atoms in total. The molecule has 1 rings (SSSR count). The minimum absolute atomic E-state index is 0.162. The third-order valence-electron chi connectivity index (χ3n) is 4.39. The Morgan fingerprint density at radius 2 is 2.00 bits per heavy atom. The molecule has 114 valence electrons. The largest absolute Gasteiger partial charge is 0.496 e. The van der Waals surface area contributed by atoms with E-state index in [1.165, 1.54) is 19.3 Å². The highest BCUT2D eigenvalue weighted by Gasteiger charge is 2.28. The number of pyridine rings is 1. The van der Waals surface area contributed by atoms with Gasteiger partial charge in [0.15, 0.2) is 0 Å². The van der Waals surface area contributed by atoms with Crippen molar-refractivity contribution in [3.63, 3.8) is 0 Å². The van der Waals surface area contributed by atoms with Crippen molar-refractivity contribution < 1.29 is 4.74 Å². The average molecular weight is 298 g/mol. The molecule has 3 heteroatoms. The number of ether oxygens (including phenoxy) is 1. The second kappa shape index (κ2) is 7.87. The number of aromatic nitrogens is 1. The summed E-state index contributed by atoms with van der Waals surface area (Å²) in [6, 6.07) is 0. The van der Waals surface area contributed by atoms with Gasteiger partial charge in [0.25, 0.3) is 0 Å². The molecule has 0 bridgehead atoms. The summed E-state index contributed by atoms with van der Waals surface area (Å²) in [5.74, 6) is 1.66. The van der Waals surface area contributed by atoms with Crippen LogP contribution in [0.4, 0.5) is 0 Å². The molecule has 0 radical (unpaired) electrons. The van der Waals surface area contributed by atoms with Crippen LogP contribution < -0.4 is 4.74 Å². The Bertz CT molecular complexity index is 427. The van der Waals surface area contributed by atoms with Crippen molar-refractivity contribution in [3.8, 4) is 5.75 Å². The van der Waals surface area contributed by atoms with Crippen LogP contribution in [-0.4, -0.2) is 18.0 Å². The van der Waals surface area contributed by atoms with Crippen molar-refractivity contribution in [2.24, 2.45) is 5.41 Å². The molecule has 0 aliphatic rings. The molecule has 0 N–H and O–H groups in total. The molecule has 0 aliphatic carbocycles.